The van der Waals surface area contributed by atoms with Gasteiger partial charge in [-0.05, 0) is 79.9 Å². The first-order chi connectivity index (χ1) is 11.2. The van der Waals surface area contributed by atoms with Crippen LogP contribution in [0.3, 0.4) is 0 Å². The number of hydrogen-bond acceptors (Lipinski definition) is 2. The highest BCUT2D eigenvalue weighted by molar-refractivity contribution is 5.66. The molecule has 2 heteroatoms. The minimum absolute atomic E-state index is 0.337. The Balaban J connectivity index is 1.71. The first-order valence-electron chi connectivity index (χ1n) is 9.40. The predicted octanol–water partition coefficient (Wildman–Crippen LogP) is 5.38. The highest BCUT2D eigenvalue weighted by atomic mass is 16.5. The summed E-state index contributed by atoms with van der Waals surface area (Å²) in [6, 6.07) is 7.65. The van der Waals surface area contributed by atoms with Crippen molar-refractivity contribution in [1.82, 2.24) is 0 Å². The molecule has 0 unspecified atom stereocenters. The van der Waals surface area contributed by atoms with Crippen molar-refractivity contribution in [2.45, 2.75) is 51.9 Å². The lowest BCUT2D eigenvalue weighted by Crippen LogP contribution is -2.41. The zero-order valence-corrected chi connectivity index (χ0v) is 14.1. The molecule has 124 valence electrons. The van der Waals surface area contributed by atoms with E-state index in [9.17, 15) is 5.11 Å². The van der Waals surface area contributed by atoms with Gasteiger partial charge in [0.2, 0.25) is 0 Å². The Kier molecular flexibility index (Phi) is 4.09. The molecule has 0 heterocycles. The maximum absolute atomic E-state index is 9.91. The highest BCUT2D eigenvalue weighted by Gasteiger charge is 2.46. The van der Waals surface area contributed by atoms with E-state index in [0.29, 0.717) is 5.75 Å². The van der Waals surface area contributed by atoms with Crippen LogP contribution in [0.4, 0.5) is 0 Å². The minimum Gasteiger partial charge on any atom is -0.508 e. The Bertz CT molecular complexity index is 572. The van der Waals surface area contributed by atoms with Crippen LogP contribution in [0, 0.1) is 23.7 Å². The summed E-state index contributed by atoms with van der Waals surface area (Å²) in [5.41, 5.74) is 2.66. The molecule has 1 aromatic carbocycles. The van der Waals surface area contributed by atoms with E-state index in [4.69, 9.17) is 4.74 Å². The van der Waals surface area contributed by atoms with Crippen LogP contribution in [0.25, 0.3) is 5.76 Å². The molecular formula is C21H28O2. The fourth-order valence-electron chi connectivity index (χ4n) is 5.36. The summed E-state index contributed by atoms with van der Waals surface area (Å²) in [6.07, 6.45) is 9.17. The third-order valence-corrected chi connectivity index (χ3v) is 6.13. The van der Waals surface area contributed by atoms with Crippen LogP contribution < -0.4 is 0 Å². The maximum Gasteiger partial charge on any atom is 0.126 e. The molecule has 0 radical (unpaired) electrons. The fraction of sp³-hybridized carbons (Fsp3) is 0.619. The molecule has 4 aliphatic rings. The van der Waals surface area contributed by atoms with Crippen LogP contribution >= 0.6 is 0 Å². The molecule has 2 nitrogen and oxygen atoms in total. The average Bonchev–Trinajstić information content (AvgIpc) is 2.52. The van der Waals surface area contributed by atoms with Crippen LogP contribution in [-0.4, -0.2) is 11.7 Å². The number of ether oxygens (including phenoxy) is 1. The van der Waals surface area contributed by atoms with Gasteiger partial charge >= 0.3 is 0 Å². The van der Waals surface area contributed by atoms with Crippen molar-refractivity contribution in [3.63, 3.8) is 0 Å². The summed E-state index contributed by atoms with van der Waals surface area (Å²) in [5.74, 6) is 4.81. The van der Waals surface area contributed by atoms with E-state index in [1.54, 1.807) is 11.6 Å². The lowest BCUT2D eigenvalue weighted by molar-refractivity contribution is 0.0665. The van der Waals surface area contributed by atoms with Crippen LogP contribution in [-0.2, 0) is 4.74 Å². The molecule has 0 saturated heterocycles. The summed E-state index contributed by atoms with van der Waals surface area (Å²) in [4.78, 5) is 0. The summed E-state index contributed by atoms with van der Waals surface area (Å²) in [5, 5.41) is 9.91. The largest absolute Gasteiger partial charge is 0.508 e. The second kappa shape index (κ2) is 6.22. The third-order valence-electron chi connectivity index (χ3n) is 6.13. The van der Waals surface area contributed by atoms with E-state index in [1.807, 2.05) is 12.1 Å². The van der Waals surface area contributed by atoms with Crippen LogP contribution in [0.2, 0.25) is 0 Å². The van der Waals surface area contributed by atoms with Gasteiger partial charge in [-0.15, -0.1) is 0 Å². The number of phenols is 1. The number of benzene rings is 1. The molecule has 1 N–H and O–H groups in total. The Hall–Kier alpha value is -1.44. The van der Waals surface area contributed by atoms with Gasteiger partial charge in [0.1, 0.15) is 11.5 Å². The van der Waals surface area contributed by atoms with Gasteiger partial charge in [-0.1, -0.05) is 25.5 Å². The predicted molar refractivity (Wildman–Crippen MR) is 92.9 cm³/mol. The topological polar surface area (TPSA) is 29.5 Å². The van der Waals surface area contributed by atoms with Crippen molar-refractivity contribution >= 4 is 5.76 Å². The molecule has 5 rings (SSSR count). The molecular weight excluding hydrogens is 284 g/mol. The van der Waals surface area contributed by atoms with E-state index < -0.39 is 0 Å². The van der Waals surface area contributed by atoms with Crippen molar-refractivity contribution < 1.29 is 9.84 Å². The highest BCUT2D eigenvalue weighted by Crippen LogP contribution is 2.58. The van der Waals surface area contributed by atoms with Crippen molar-refractivity contribution in [1.29, 1.82) is 0 Å². The van der Waals surface area contributed by atoms with Gasteiger partial charge in [-0.3, -0.25) is 0 Å². The standard InChI is InChI=1S/C21H28O2/c1-2-3-7-23-21(16-5-4-6-19(22)13-16)20-17-9-14-8-15(11-17)12-18(20)10-14/h4-6,13-15,17-18,22H,2-3,7-12H2,1H3. The lowest BCUT2D eigenvalue weighted by Gasteiger charge is -2.51. The number of unbranched alkanes of at least 4 members (excludes halogenated alkanes) is 1. The summed E-state index contributed by atoms with van der Waals surface area (Å²) < 4.78 is 6.32. The van der Waals surface area contributed by atoms with Gasteiger partial charge < -0.3 is 9.84 Å². The summed E-state index contributed by atoms with van der Waals surface area (Å²) in [7, 11) is 0. The Morgan fingerprint density at radius 2 is 1.78 bits per heavy atom. The number of phenolic OH excluding ortho intramolecular Hbond substituents is 1. The van der Waals surface area contributed by atoms with E-state index >= 15 is 0 Å². The van der Waals surface area contributed by atoms with Crippen LogP contribution in [0.15, 0.2) is 29.8 Å². The van der Waals surface area contributed by atoms with E-state index in [0.717, 1.165) is 54.4 Å². The van der Waals surface area contributed by atoms with Gasteiger partial charge in [0.15, 0.2) is 0 Å². The molecule has 0 aliphatic heterocycles. The molecule has 4 aliphatic carbocycles. The lowest BCUT2D eigenvalue weighted by atomic mass is 9.54. The molecule has 0 amide bonds. The molecule has 23 heavy (non-hydrogen) atoms. The monoisotopic (exact) mass is 312 g/mol. The Labute approximate surface area is 139 Å². The van der Waals surface area contributed by atoms with Gasteiger partial charge in [-0.2, -0.15) is 0 Å². The first kappa shape index (κ1) is 15.1. The second-order valence-corrected chi connectivity index (χ2v) is 7.84. The zero-order chi connectivity index (χ0) is 15.8. The zero-order valence-electron chi connectivity index (χ0n) is 14.1. The van der Waals surface area contributed by atoms with E-state index in [1.165, 1.54) is 32.1 Å². The fourth-order valence-corrected chi connectivity index (χ4v) is 5.36. The molecule has 4 bridgehead atoms. The van der Waals surface area contributed by atoms with Crippen molar-refractivity contribution in [2.75, 3.05) is 6.61 Å². The van der Waals surface area contributed by atoms with Crippen molar-refractivity contribution in [2.24, 2.45) is 23.7 Å². The molecule has 0 atom stereocenters. The normalized spacial score (nSPS) is 31.4. The number of rotatable bonds is 5. The van der Waals surface area contributed by atoms with E-state index in [2.05, 4.69) is 13.0 Å². The minimum atomic E-state index is 0.337. The average molecular weight is 312 g/mol. The summed E-state index contributed by atoms with van der Waals surface area (Å²) in [6.45, 7) is 2.99. The Morgan fingerprint density at radius 1 is 1.09 bits per heavy atom. The second-order valence-electron chi connectivity index (χ2n) is 7.84. The van der Waals surface area contributed by atoms with Crippen molar-refractivity contribution in [3.8, 4) is 5.75 Å². The molecule has 1 aromatic rings. The third kappa shape index (κ3) is 2.88. The van der Waals surface area contributed by atoms with Gasteiger partial charge in [-0.25, -0.2) is 0 Å². The Morgan fingerprint density at radius 3 is 2.39 bits per heavy atom. The molecule has 4 saturated carbocycles. The number of aromatic hydroxyl groups is 1. The SMILES string of the molecule is CCCCOC(=C1C2CC3CC(C2)CC1C3)c1cccc(O)c1. The quantitative estimate of drug-likeness (QED) is 0.584. The van der Waals surface area contributed by atoms with Gasteiger partial charge in [0.05, 0.1) is 6.61 Å². The summed E-state index contributed by atoms with van der Waals surface area (Å²) >= 11 is 0. The smallest absolute Gasteiger partial charge is 0.126 e. The maximum atomic E-state index is 9.91. The number of allylic oxidation sites excluding steroid dienone is 1. The number of hydrogen-bond donors (Lipinski definition) is 1. The molecule has 0 aromatic heterocycles. The first-order valence-corrected chi connectivity index (χ1v) is 9.40. The molecule has 4 fully saturated rings. The molecule has 0 spiro atoms. The van der Waals surface area contributed by atoms with E-state index in [-0.39, 0.29) is 0 Å². The van der Waals surface area contributed by atoms with Gasteiger partial charge in [0, 0.05) is 5.56 Å². The van der Waals surface area contributed by atoms with Crippen LogP contribution in [0.1, 0.15) is 57.4 Å². The van der Waals surface area contributed by atoms with Crippen LogP contribution in [0.5, 0.6) is 5.75 Å². The van der Waals surface area contributed by atoms with Crippen molar-refractivity contribution in [3.05, 3.63) is 35.4 Å². The van der Waals surface area contributed by atoms with Gasteiger partial charge in [0.25, 0.3) is 0 Å².